The molecule has 3 heteroatoms. The van der Waals surface area contributed by atoms with Crippen LogP contribution in [0.4, 0.5) is 8.78 Å². The highest BCUT2D eigenvalue weighted by molar-refractivity contribution is 4.86. The van der Waals surface area contributed by atoms with E-state index in [1.807, 2.05) is 6.92 Å². The normalized spacial score (nSPS) is 40.0. The van der Waals surface area contributed by atoms with E-state index in [2.05, 4.69) is 6.92 Å². The lowest BCUT2D eigenvalue weighted by atomic mass is 9.73. The molecule has 0 spiro atoms. The summed E-state index contributed by atoms with van der Waals surface area (Å²) < 4.78 is 28.0. The molecule has 0 bridgehead atoms. The van der Waals surface area contributed by atoms with Gasteiger partial charge in [0.05, 0.1) is 0 Å². The van der Waals surface area contributed by atoms with Crippen molar-refractivity contribution in [3.63, 3.8) is 0 Å². The standard InChI is InChI=1S/C20H37F2N/c1-3-5-15(16-10-12-18(23)13-11-16)6-4-7-17-9-8-14(2)19(21)20(17)22/h14-20H,3-13,23H2,1-2H3/t14?,15-,16?,17?,18?,19?,20?/m1/s1. The number of rotatable bonds is 7. The highest BCUT2D eigenvalue weighted by atomic mass is 19.2. The van der Waals surface area contributed by atoms with Crippen molar-refractivity contribution in [2.24, 2.45) is 29.4 Å². The van der Waals surface area contributed by atoms with E-state index in [0.29, 0.717) is 6.04 Å². The van der Waals surface area contributed by atoms with Gasteiger partial charge in [0.15, 0.2) is 0 Å². The van der Waals surface area contributed by atoms with Crippen LogP contribution in [0.5, 0.6) is 0 Å². The fourth-order valence-electron chi connectivity index (χ4n) is 4.92. The third kappa shape index (κ3) is 5.41. The number of halogens is 2. The number of hydrogen-bond donors (Lipinski definition) is 1. The molecule has 2 aliphatic rings. The topological polar surface area (TPSA) is 26.0 Å². The molecule has 23 heavy (non-hydrogen) atoms. The van der Waals surface area contributed by atoms with Crippen molar-refractivity contribution in [3.8, 4) is 0 Å². The second-order valence-corrected chi connectivity index (χ2v) is 8.36. The van der Waals surface area contributed by atoms with E-state index >= 15 is 0 Å². The van der Waals surface area contributed by atoms with Crippen LogP contribution in [0.2, 0.25) is 0 Å². The molecule has 0 aliphatic heterocycles. The Balaban J connectivity index is 1.75. The van der Waals surface area contributed by atoms with E-state index in [4.69, 9.17) is 5.73 Å². The maximum atomic E-state index is 14.2. The molecule has 0 amide bonds. The van der Waals surface area contributed by atoms with Crippen molar-refractivity contribution < 1.29 is 8.78 Å². The monoisotopic (exact) mass is 329 g/mol. The van der Waals surface area contributed by atoms with Gasteiger partial charge < -0.3 is 5.73 Å². The van der Waals surface area contributed by atoms with Gasteiger partial charge >= 0.3 is 0 Å². The van der Waals surface area contributed by atoms with Crippen LogP contribution >= 0.6 is 0 Å². The SMILES string of the molecule is CCC[C@H](CCCC1CCC(C)C(F)C1F)C1CCC(N)CC1. The van der Waals surface area contributed by atoms with E-state index in [1.54, 1.807) is 0 Å². The van der Waals surface area contributed by atoms with Crippen LogP contribution in [0.3, 0.4) is 0 Å². The molecule has 2 saturated carbocycles. The summed E-state index contributed by atoms with van der Waals surface area (Å²) in [5.41, 5.74) is 6.03. The first-order chi connectivity index (χ1) is 11.0. The zero-order valence-electron chi connectivity index (χ0n) is 15.2. The van der Waals surface area contributed by atoms with Gasteiger partial charge in [-0.25, -0.2) is 8.78 Å². The van der Waals surface area contributed by atoms with Gasteiger partial charge in [0, 0.05) is 6.04 Å². The first kappa shape index (κ1) is 19.1. The summed E-state index contributed by atoms with van der Waals surface area (Å²) in [6.07, 6.45) is 9.79. The molecule has 0 aromatic carbocycles. The average Bonchev–Trinajstić information content (AvgIpc) is 2.55. The summed E-state index contributed by atoms with van der Waals surface area (Å²) in [4.78, 5) is 0. The van der Waals surface area contributed by atoms with Crippen LogP contribution in [0.25, 0.3) is 0 Å². The molecule has 4 unspecified atom stereocenters. The summed E-state index contributed by atoms with van der Waals surface area (Å²) in [5.74, 6) is 1.45. The molecule has 0 aromatic rings. The van der Waals surface area contributed by atoms with Gasteiger partial charge in [-0.15, -0.1) is 0 Å². The molecule has 2 fully saturated rings. The van der Waals surface area contributed by atoms with Gasteiger partial charge in [-0.3, -0.25) is 0 Å². The Morgan fingerprint density at radius 3 is 2.30 bits per heavy atom. The number of nitrogens with two attached hydrogens (primary N) is 1. The van der Waals surface area contributed by atoms with Gasteiger partial charge in [-0.2, -0.15) is 0 Å². The van der Waals surface area contributed by atoms with Crippen LogP contribution in [-0.4, -0.2) is 18.4 Å². The van der Waals surface area contributed by atoms with Gasteiger partial charge in [0.2, 0.25) is 0 Å². The molecule has 2 N–H and O–H groups in total. The smallest absolute Gasteiger partial charge is 0.134 e. The van der Waals surface area contributed by atoms with E-state index in [1.165, 1.54) is 44.9 Å². The van der Waals surface area contributed by atoms with Gasteiger partial charge in [0.1, 0.15) is 12.3 Å². The molecule has 0 aromatic heterocycles. The Bertz CT molecular complexity index is 328. The Morgan fingerprint density at radius 1 is 0.957 bits per heavy atom. The number of hydrogen-bond acceptors (Lipinski definition) is 1. The molecule has 136 valence electrons. The molecular formula is C20H37F2N. The largest absolute Gasteiger partial charge is 0.328 e. The van der Waals surface area contributed by atoms with Crippen molar-refractivity contribution in [2.75, 3.05) is 0 Å². The fraction of sp³-hybridized carbons (Fsp3) is 1.00. The Hall–Kier alpha value is -0.180. The zero-order chi connectivity index (χ0) is 16.8. The van der Waals surface area contributed by atoms with E-state index < -0.39 is 12.3 Å². The van der Waals surface area contributed by atoms with Crippen molar-refractivity contribution in [3.05, 3.63) is 0 Å². The summed E-state index contributed by atoms with van der Waals surface area (Å²) in [6, 6.07) is 0.409. The van der Waals surface area contributed by atoms with E-state index in [0.717, 1.165) is 37.5 Å². The van der Waals surface area contributed by atoms with E-state index in [-0.39, 0.29) is 11.8 Å². The molecule has 5 atom stereocenters. The van der Waals surface area contributed by atoms with Crippen LogP contribution in [-0.2, 0) is 0 Å². The lowest BCUT2D eigenvalue weighted by molar-refractivity contribution is 0.0244. The molecule has 0 heterocycles. The highest BCUT2D eigenvalue weighted by Crippen LogP contribution is 2.38. The first-order valence-corrected chi connectivity index (χ1v) is 10.1. The zero-order valence-corrected chi connectivity index (χ0v) is 15.2. The van der Waals surface area contributed by atoms with Gasteiger partial charge in [-0.1, -0.05) is 39.5 Å². The van der Waals surface area contributed by atoms with Gasteiger partial charge in [-0.05, 0) is 68.6 Å². The second kappa shape index (κ2) is 9.34. The minimum atomic E-state index is -1.24. The van der Waals surface area contributed by atoms with Crippen LogP contribution in [0.15, 0.2) is 0 Å². The van der Waals surface area contributed by atoms with Crippen molar-refractivity contribution in [2.45, 2.75) is 103 Å². The summed E-state index contributed by atoms with van der Waals surface area (Å²) >= 11 is 0. The quantitative estimate of drug-likeness (QED) is 0.626. The summed E-state index contributed by atoms with van der Waals surface area (Å²) in [6.45, 7) is 4.11. The lowest BCUT2D eigenvalue weighted by Gasteiger charge is -2.35. The summed E-state index contributed by atoms with van der Waals surface area (Å²) in [7, 11) is 0. The third-order valence-electron chi connectivity index (χ3n) is 6.58. The Morgan fingerprint density at radius 2 is 1.65 bits per heavy atom. The molecule has 1 nitrogen and oxygen atoms in total. The van der Waals surface area contributed by atoms with Crippen molar-refractivity contribution in [1.29, 1.82) is 0 Å². The van der Waals surface area contributed by atoms with Crippen molar-refractivity contribution in [1.82, 2.24) is 0 Å². The third-order valence-corrected chi connectivity index (χ3v) is 6.58. The Labute approximate surface area is 141 Å². The Kier molecular flexibility index (Phi) is 7.78. The minimum absolute atomic E-state index is 0.0387. The summed E-state index contributed by atoms with van der Waals surface area (Å²) in [5, 5.41) is 0. The predicted molar refractivity (Wildman–Crippen MR) is 93.9 cm³/mol. The molecule has 2 aliphatic carbocycles. The molecule has 0 saturated heterocycles. The van der Waals surface area contributed by atoms with Crippen LogP contribution < -0.4 is 5.73 Å². The maximum absolute atomic E-state index is 14.2. The second-order valence-electron chi connectivity index (χ2n) is 8.36. The molecule has 2 rings (SSSR count). The highest BCUT2D eigenvalue weighted by Gasteiger charge is 2.37. The average molecular weight is 330 g/mol. The first-order valence-electron chi connectivity index (χ1n) is 10.1. The predicted octanol–water partition coefficient (Wildman–Crippen LogP) is 5.81. The maximum Gasteiger partial charge on any atom is 0.134 e. The lowest BCUT2D eigenvalue weighted by Crippen LogP contribution is -2.36. The minimum Gasteiger partial charge on any atom is -0.328 e. The fourth-order valence-corrected chi connectivity index (χ4v) is 4.92. The van der Waals surface area contributed by atoms with E-state index in [9.17, 15) is 8.78 Å². The van der Waals surface area contributed by atoms with Crippen molar-refractivity contribution >= 4 is 0 Å². The van der Waals surface area contributed by atoms with Crippen LogP contribution in [0, 0.1) is 23.7 Å². The molecular weight excluding hydrogens is 292 g/mol. The molecule has 0 radical (unpaired) electrons. The van der Waals surface area contributed by atoms with Gasteiger partial charge in [0.25, 0.3) is 0 Å². The van der Waals surface area contributed by atoms with Crippen LogP contribution in [0.1, 0.15) is 84.5 Å². The number of alkyl halides is 2.